The van der Waals surface area contributed by atoms with Gasteiger partial charge in [-0.15, -0.1) is 0 Å². The van der Waals surface area contributed by atoms with Gasteiger partial charge < -0.3 is 16.0 Å². The molecular weight excluding hydrogens is 489 g/mol. The fourth-order valence-electron chi connectivity index (χ4n) is 2.73. The summed E-state index contributed by atoms with van der Waals surface area (Å²) >= 11 is 0. The van der Waals surface area contributed by atoms with Crippen LogP contribution in [0, 0.1) is 0 Å². The third kappa shape index (κ3) is 6.75. The average Bonchev–Trinajstić information content (AvgIpc) is 2.82. The van der Waals surface area contributed by atoms with Crippen LogP contribution < -0.4 is 20.7 Å². The zero-order valence-corrected chi connectivity index (χ0v) is 19.3. The zero-order valence-electron chi connectivity index (χ0n) is 18.5. The van der Waals surface area contributed by atoms with Gasteiger partial charge in [-0.3, -0.25) is 14.5 Å². The molecule has 0 spiro atoms. The molecule has 0 unspecified atom stereocenters. The number of amides is 1. The van der Waals surface area contributed by atoms with Crippen LogP contribution in [0.2, 0.25) is 0 Å². The number of hydrogen-bond donors (Lipinski definition) is 4. The van der Waals surface area contributed by atoms with E-state index in [0.29, 0.717) is 17.4 Å². The van der Waals surface area contributed by atoms with Crippen molar-refractivity contribution >= 4 is 39.2 Å². The van der Waals surface area contributed by atoms with Gasteiger partial charge in [0, 0.05) is 36.9 Å². The topological polar surface area (TPSA) is 151 Å². The Bertz CT molecular complexity index is 1300. The molecule has 35 heavy (non-hydrogen) atoms. The molecule has 0 saturated heterocycles. The number of anilines is 4. The predicted octanol–water partition coefficient (Wildman–Crippen LogP) is 2.76. The fraction of sp³-hybridized carbons (Fsp3) is 0.250. The van der Waals surface area contributed by atoms with Crippen LogP contribution in [0.25, 0.3) is 0 Å². The number of benzene rings is 1. The second kappa shape index (κ2) is 10.5. The highest BCUT2D eigenvalue weighted by Crippen LogP contribution is 2.34. The zero-order chi connectivity index (χ0) is 25.6. The standard InChI is InChI=1S/C20H21F3N8O3S/c1-3-35(33,34)31-17-15(25-8-9-26-17)11-27-16-14(20(21,22)23)10-28-19(30-16)29-13-6-4-12(5-7-13)18(32)24-2/h4-10H,3,11H2,1-2H3,(H,24,32)(H,26,31)(H2,27,28,29,30). The van der Waals surface area contributed by atoms with Gasteiger partial charge in [0.25, 0.3) is 5.91 Å². The first-order valence-corrected chi connectivity index (χ1v) is 11.7. The molecule has 2 heterocycles. The minimum Gasteiger partial charge on any atom is -0.364 e. The lowest BCUT2D eigenvalue weighted by Crippen LogP contribution is -2.19. The maximum absolute atomic E-state index is 13.5. The number of halogens is 3. The molecule has 0 radical (unpaired) electrons. The number of nitrogens with one attached hydrogen (secondary N) is 4. The SMILES string of the molecule is CCS(=O)(=O)Nc1nccnc1CNc1nc(Nc2ccc(C(=O)NC)cc2)ncc1C(F)(F)F. The van der Waals surface area contributed by atoms with E-state index in [4.69, 9.17) is 0 Å². The van der Waals surface area contributed by atoms with Gasteiger partial charge in [0.2, 0.25) is 16.0 Å². The average molecular weight is 511 g/mol. The monoisotopic (exact) mass is 510 g/mol. The van der Waals surface area contributed by atoms with Gasteiger partial charge in [-0.1, -0.05) is 0 Å². The second-order valence-corrected chi connectivity index (χ2v) is 8.96. The summed E-state index contributed by atoms with van der Waals surface area (Å²) in [4.78, 5) is 27.2. The minimum absolute atomic E-state index is 0.0653. The normalized spacial score (nSPS) is 11.6. The van der Waals surface area contributed by atoms with E-state index in [2.05, 4.69) is 40.6 Å². The first-order valence-electron chi connectivity index (χ1n) is 10.1. The highest BCUT2D eigenvalue weighted by atomic mass is 32.2. The van der Waals surface area contributed by atoms with Crippen molar-refractivity contribution in [1.82, 2.24) is 25.3 Å². The third-order valence-corrected chi connectivity index (χ3v) is 5.82. The molecule has 11 nitrogen and oxygen atoms in total. The first kappa shape index (κ1) is 25.6. The van der Waals surface area contributed by atoms with Crippen molar-refractivity contribution in [3.63, 3.8) is 0 Å². The van der Waals surface area contributed by atoms with E-state index < -0.39 is 27.6 Å². The summed E-state index contributed by atoms with van der Waals surface area (Å²) in [5.74, 6) is -1.32. The van der Waals surface area contributed by atoms with E-state index in [-0.39, 0.29) is 35.7 Å². The molecule has 0 aliphatic rings. The Labute approximate surface area is 198 Å². The number of aromatic nitrogens is 4. The van der Waals surface area contributed by atoms with E-state index in [1.165, 1.54) is 38.5 Å². The van der Waals surface area contributed by atoms with Crippen LogP contribution in [0.15, 0.2) is 42.9 Å². The molecule has 2 aromatic heterocycles. The summed E-state index contributed by atoms with van der Waals surface area (Å²) in [6.07, 6.45) is -1.61. The Balaban J connectivity index is 1.85. The van der Waals surface area contributed by atoms with Gasteiger partial charge in [0.05, 0.1) is 12.3 Å². The van der Waals surface area contributed by atoms with Gasteiger partial charge in [-0.05, 0) is 31.2 Å². The van der Waals surface area contributed by atoms with E-state index in [0.717, 1.165) is 0 Å². The predicted molar refractivity (Wildman–Crippen MR) is 123 cm³/mol. The first-order chi connectivity index (χ1) is 16.5. The van der Waals surface area contributed by atoms with Crippen molar-refractivity contribution < 1.29 is 26.4 Å². The molecule has 186 valence electrons. The number of hydrogen-bond acceptors (Lipinski definition) is 9. The molecule has 0 fully saturated rings. The molecule has 4 N–H and O–H groups in total. The van der Waals surface area contributed by atoms with Gasteiger partial charge in [0.15, 0.2) is 5.82 Å². The number of sulfonamides is 1. The van der Waals surface area contributed by atoms with E-state index in [1.807, 2.05) is 0 Å². The van der Waals surface area contributed by atoms with Gasteiger partial charge in [-0.25, -0.2) is 18.4 Å². The summed E-state index contributed by atoms with van der Waals surface area (Å²) in [7, 11) is -2.19. The smallest absolute Gasteiger partial charge is 0.364 e. The largest absolute Gasteiger partial charge is 0.421 e. The maximum Gasteiger partial charge on any atom is 0.421 e. The molecule has 0 saturated carbocycles. The van der Waals surface area contributed by atoms with Crippen molar-refractivity contribution in [2.45, 2.75) is 19.6 Å². The molecule has 0 aliphatic heterocycles. The summed E-state index contributed by atoms with van der Waals surface area (Å²) in [5.41, 5.74) is -0.228. The van der Waals surface area contributed by atoms with Crippen molar-refractivity contribution in [3.8, 4) is 0 Å². The van der Waals surface area contributed by atoms with Crippen LogP contribution in [-0.4, -0.2) is 47.1 Å². The van der Waals surface area contributed by atoms with Crippen LogP contribution >= 0.6 is 0 Å². The molecule has 0 atom stereocenters. The Hall–Kier alpha value is -4.01. The summed E-state index contributed by atoms with van der Waals surface area (Å²) in [6, 6.07) is 6.14. The number of nitrogens with zero attached hydrogens (tertiary/aromatic N) is 4. The lowest BCUT2D eigenvalue weighted by Gasteiger charge is -2.16. The van der Waals surface area contributed by atoms with Crippen LogP contribution in [0.3, 0.4) is 0 Å². The minimum atomic E-state index is -4.76. The van der Waals surface area contributed by atoms with Crippen molar-refractivity contribution in [2.75, 3.05) is 28.2 Å². The second-order valence-electron chi connectivity index (χ2n) is 6.95. The van der Waals surface area contributed by atoms with Gasteiger partial charge >= 0.3 is 6.18 Å². The quantitative estimate of drug-likeness (QED) is 0.341. The van der Waals surface area contributed by atoms with E-state index >= 15 is 0 Å². The lowest BCUT2D eigenvalue weighted by atomic mass is 10.2. The molecule has 1 aromatic carbocycles. The summed E-state index contributed by atoms with van der Waals surface area (Å²) in [6.45, 7) is 1.11. The number of carbonyl (C=O) groups excluding carboxylic acids is 1. The van der Waals surface area contributed by atoms with Crippen molar-refractivity contribution in [1.29, 1.82) is 0 Å². The Morgan fingerprint density at radius 1 is 1.03 bits per heavy atom. The van der Waals surface area contributed by atoms with Crippen LogP contribution in [-0.2, 0) is 22.7 Å². The van der Waals surface area contributed by atoms with Crippen LogP contribution in [0.4, 0.5) is 36.4 Å². The van der Waals surface area contributed by atoms with Crippen molar-refractivity contribution in [3.05, 3.63) is 59.7 Å². The number of carbonyl (C=O) groups is 1. The summed E-state index contributed by atoms with van der Waals surface area (Å²) < 4.78 is 66.6. The Morgan fingerprint density at radius 3 is 2.34 bits per heavy atom. The van der Waals surface area contributed by atoms with Crippen LogP contribution in [0.5, 0.6) is 0 Å². The van der Waals surface area contributed by atoms with Gasteiger partial charge in [-0.2, -0.15) is 18.2 Å². The van der Waals surface area contributed by atoms with E-state index in [1.54, 1.807) is 12.1 Å². The summed E-state index contributed by atoms with van der Waals surface area (Å²) in [5, 5.41) is 7.79. The number of alkyl halides is 3. The molecule has 15 heteroatoms. The van der Waals surface area contributed by atoms with Crippen LogP contribution in [0.1, 0.15) is 28.5 Å². The molecule has 0 bridgehead atoms. The molecule has 3 aromatic rings. The maximum atomic E-state index is 13.5. The van der Waals surface area contributed by atoms with Gasteiger partial charge in [0.1, 0.15) is 17.1 Å². The number of rotatable bonds is 9. The lowest BCUT2D eigenvalue weighted by molar-refractivity contribution is -0.137. The molecular formula is C20H21F3N8O3S. The molecule has 0 aliphatic carbocycles. The van der Waals surface area contributed by atoms with Crippen molar-refractivity contribution in [2.24, 2.45) is 0 Å². The highest BCUT2D eigenvalue weighted by molar-refractivity contribution is 7.92. The highest BCUT2D eigenvalue weighted by Gasteiger charge is 2.35. The fourth-order valence-corrected chi connectivity index (χ4v) is 3.34. The molecule has 3 rings (SSSR count). The Morgan fingerprint density at radius 2 is 1.71 bits per heavy atom. The molecule has 1 amide bonds. The Kier molecular flexibility index (Phi) is 7.68. The van der Waals surface area contributed by atoms with E-state index in [9.17, 15) is 26.4 Å². The third-order valence-electron chi connectivity index (χ3n) is 4.55.